The van der Waals surface area contributed by atoms with E-state index in [1.54, 1.807) is 12.4 Å². The summed E-state index contributed by atoms with van der Waals surface area (Å²) in [6.45, 7) is 0.869. The zero-order valence-electron chi connectivity index (χ0n) is 4.62. The molecule has 0 radical (unpaired) electrons. The van der Waals surface area contributed by atoms with E-state index in [9.17, 15) is 0 Å². The maximum atomic E-state index is 4.03. The first kappa shape index (κ1) is 5.22. The van der Waals surface area contributed by atoms with Crippen molar-refractivity contribution >= 4 is 12.4 Å². The Balaban J connectivity index is 2.51. The predicted octanol–water partition coefficient (Wildman–Crippen LogP) is 1.05. The van der Waals surface area contributed by atoms with Crippen LogP contribution in [0.2, 0.25) is 0 Å². The lowest BCUT2D eigenvalue weighted by atomic mass is 10.4. The Labute approximate surface area is 48.7 Å². The van der Waals surface area contributed by atoms with Gasteiger partial charge in [0.2, 0.25) is 0 Å². The predicted molar refractivity (Wildman–Crippen MR) is 35.6 cm³/mol. The van der Waals surface area contributed by atoms with Gasteiger partial charge in [0.25, 0.3) is 0 Å². The maximum Gasteiger partial charge on any atom is 0.0438 e. The molecular weight excluding hydrogens is 100 g/mol. The number of hydrogen-bond donors (Lipinski definition) is 0. The molecule has 0 atom stereocenters. The normalized spacial score (nSPS) is 18.0. The summed E-state index contributed by atoms with van der Waals surface area (Å²) in [6.07, 6.45) is 8.17. The smallest absolute Gasteiger partial charge is 0.0438 e. The van der Waals surface area contributed by atoms with Gasteiger partial charge in [0.15, 0.2) is 0 Å². The average Bonchev–Trinajstić information content (AvgIpc) is 1.62. The van der Waals surface area contributed by atoms with Gasteiger partial charge >= 0.3 is 0 Å². The molecule has 2 nitrogen and oxygen atoms in total. The van der Waals surface area contributed by atoms with Gasteiger partial charge in [-0.1, -0.05) is 0 Å². The molecule has 0 spiro atoms. The lowest BCUT2D eigenvalue weighted by Crippen LogP contribution is -1.83. The molecule has 2 heteroatoms. The molecule has 0 saturated carbocycles. The third-order valence-electron chi connectivity index (χ3n) is 0.856. The summed E-state index contributed by atoms with van der Waals surface area (Å²) < 4.78 is 0. The molecule has 1 aliphatic heterocycles. The Morgan fingerprint density at radius 3 is 3.38 bits per heavy atom. The molecule has 0 saturated heterocycles. The molecule has 0 N–H and O–H groups in total. The van der Waals surface area contributed by atoms with Crippen LogP contribution in [0.15, 0.2) is 22.3 Å². The SMILES string of the molecule is C1=CN=CCCN=C1. The number of nitrogens with zero attached hydrogens (tertiary/aromatic N) is 2. The molecule has 0 aromatic carbocycles. The van der Waals surface area contributed by atoms with E-state index in [0.717, 1.165) is 13.0 Å². The molecule has 1 rings (SSSR count). The summed E-state index contributed by atoms with van der Waals surface area (Å²) in [4.78, 5) is 7.96. The molecule has 0 aromatic heterocycles. The Hall–Kier alpha value is -0.920. The first-order valence-electron chi connectivity index (χ1n) is 2.67. The van der Waals surface area contributed by atoms with E-state index in [1.165, 1.54) is 0 Å². The van der Waals surface area contributed by atoms with Crippen molar-refractivity contribution in [2.75, 3.05) is 6.54 Å². The highest BCUT2D eigenvalue weighted by Crippen LogP contribution is 1.82. The van der Waals surface area contributed by atoms with Gasteiger partial charge < -0.3 is 0 Å². The number of rotatable bonds is 0. The fraction of sp³-hybridized carbons (Fsp3) is 0.333. The minimum Gasteiger partial charge on any atom is -0.293 e. The fourth-order valence-electron chi connectivity index (χ4n) is 0.491. The van der Waals surface area contributed by atoms with Gasteiger partial charge in [-0.05, 0) is 6.08 Å². The molecular formula is C6H8N2. The van der Waals surface area contributed by atoms with E-state index < -0.39 is 0 Å². The standard InChI is InChI=1S/C6H8N2/c1-3-7-5-2-6-8-4-1/h1,3-5H,2,6H2. The van der Waals surface area contributed by atoms with E-state index in [4.69, 9.17) is 0 Å². The lowest BCUT2D eigenvalue weighted by Gasteiger charge is -1.86. The number of allylic oxidation sites excluding steroid dienone is 1. The van der Waals surface area contributed by atoms with Crippen LogP contribution in [0.25, 0.3) is 0 Å². The van der Waals surface area contributed by atoms with Crippen molar-refractivity contribution in [2.24, 2.45) is 9.98 Å². The highest BCUT2D eigenvalue weighted by molar-refractivity contribution is 5.72. The number of aliphatic imine (C=N–C) groups is 2. The topological polar surface area (TPSA) is 24.7 Å². The molecule has 1 heterocycles. The van der Waals surface area contributed by atoms with Crippen molar-refractivity contribution in [3.05, 3.63) is 12.3 Å². The summed E-state index contributed by atoms with van der Waals surface area (Å²) in [7, 11) is 0. The Kier molecular flexibility index (Phi) is 2.04. The first-order valence-corrected chi connectivity index (χ1v) is 2.67. The minimum atomic E-state index is 0.869. The summed E-state index contributed by atoms with van der Waals surface area (Å²) in [5.74, 6) is 0. The first-order chi connectivity index (χ1) is 4.00. The van der Waals surface area contributed by atoms with Crippen LogP contribution >= 0.6 is 0 Å². The van der Waals surface area contributed by atoms with Crippen LogP contribution in [0.3, 0.4) is 0 Å². The third kappa shape index (κ3) is 1.69. The molecule has 8 heavy (non-hydrogen) atoms. The van der Waals surface area contributed by atoms with Gasteiger partial charge in [0.05, 0.1) is 0 Å². The van der Waals surface area contributed by atoms with E-state index in [0.29, 0.717) is 0 Å². The fourth-order valence-corrected chi connectivity index (χ4v) is 0.491. The van der Waals surface area contributed by atoms with Crippen LogP contribution in [0.1, 0.15) is 6.42 Å². The van der Waals surface area contributed by atoms with Gasteiger partial charge in [-0.2, -0.15) is 0 Å². The van der Waals surface area contributed by atoms with E-state index >= 15 is 0 Å². The second-order valence-corrected chi connectivity index (χ2v) is 1.52. The molecule has 0 amide bonds. The highest BCUT2D eigenvalue weighted by atomic mass is 14.7. The van der Waals surface area contributed by atoms with Gasteiger partial charge in [-0.3, -0.25) is 9.98 Å². The van der Waals surface area contributed by atoms with Gasteiger partial charge in [0.1, 0.15) is 0 Å². The minimum absolute atomic E-state index is 0.869. The summed E-state index contributed by atoms with van der Waals surface area (Å²) in [6, 6.07) is 0. The van der Waals surface area contributed by atoms with Crippen LogP contribution in [0.5, 0.6) is 0 Å². The molecule has 42 valence electrons. The van der Waals surface area contributed by atoms with Crippen molar-refractivity contribution in [1.29, 1.82) is 0 Å². The zero-order valence-corrected chi connectivity index (χ0v) is 4.62. The third-order valence-corrected chi connectivity index (χ3v) is 0.856. The van der Waals surface area contributed by atoms with Crippen LogP contribution in [0, 0.1) is 0 Å². The highest BCUT2D eigenvalue weighted by Gasteiger charge is 1.77. The van der Waals surface area contributed by atoms with Crippen LogP contribution in [0.4, 0.5) is 0 Å². The second-order valence-electron chi connectivity index (χ2n) is 1.52. The molecule has 0 bridgehead atoms. The lowest BCUT2D eigenvalue weighted by molar-refractivity contribution is 1.06. The molecule has 1 aliphatic rings. The average molecular weight is 108 g/mol. The van der Waals surface area contributed by atoms with E-state index in [-0.39, 0.29) is 0 Å². The van der Waals surface area contributed by atoms with Crippen molar-refractivity contribution in [3.63, 3.8) is 0 Å². The summed E-state index contributed by atoms with van der Waals surface area (Å²) in [5.41, 5.74) is 0. The van der Waals surface area contributed by atoms with E-state index in [1.807, 2.05) is 12.3 Å². The Morgan fingerprint density at radius 1 is 1.38 bits per heavy atom. The van der Waals surface area contributed by atoms with Crippen LogP contribution < -0.4 is 0 Å². The van der Waals surface area contributed by atoms with Crippen molar-refractivity contribution in [2.45, 2.75) is 6.42 Å². The molecule has 0 fully saturated rings. The van der Waals surface area contributed by atoms with E-state index in [2.05, 4.69) is 9.98 Å². The summed E-state index contributed by atoms with van der Waals surface area (Å²) in [5, 5.41) is 0. The van der Waals surface area contributed by atoms with Gasteiger partial charge in [0, 0.05) is 31.6 Å². The Bertz CT molecular complexity index is 117. The van der Waals surface area contributed by atoms with Gasteiger partial charge in [-0.25, -0.2) is 0 Å². The largest absolute Gasteiger partial charge is 0.293 e. The monoisotopic (exact) mass is 108 g/mol. The van der Waals surface area contributed by atoms with Crippen molar-refractivity contribution < 1.29 is 0 Å². The van der Waals surface area contributed by atoms with Gasteiger partial charge in [-0.15, -0.1) is 0 Å². The second kappa shape index (κ2) is 3.13. The maximum absolute atomic E-state index is 4.03. The molecule has 0 aliphatic carbocycles. The van der Waals surface area contributed by atoms with Crippen molar-refractivity contribution in [3.8, 4) is 0 Å². The van der Waals surface area contributed by atoms with Crippen LogP contribution in [-0.2, 0) is 0 Å². The summed E-state index contributed by atoms with van der Waals surface area (Å²) >= 11 is 0. The van der Waals surface area contributed by atoms with Crippen LogP contribution in [-0.4, -0.2) is 19.0 Å². The van der Waals surface area contributed by atoms with Crippen molar-refractivity contribution in [1.82, 2.24) is 0 Å². The number of hydrogen-bond acceptors (Lipinski definition) is 2. The molecule has 0 aromatic rings. The molecule has 0 unspecified atom stereocenters. The Morgan fingerprint density at radius 2 is 2.38 bits per heavy atom. The quantitative estimate of drug-likeness (QED) is 0.443. The zero-order chi connectivity index (χ0) is 5.66.